The van der Waals surface area contributed by atoms with Gasteiger partial charge in [0.2, 0.25) is 0 Å². The molecule has 0 aromatic heterocycles. The first kappa shape index (κ1) is 8.23. The maximum absolute atomic E-state index is 5.45. The van der Waals surface area contributed by atoms with Crippen molar-refractivity contribution < 1.29 is 17.8 Å². The van der Waals surface area contributed by atoms with E-state index in [1.807, 2.05) is 0 Å². The van der Waals surface area contributed by atoms with Gasteiger partial charge in [-0.3, -0.25) is 0 Å². The van der Waals surface area contributed by atoms with E-state index >= 15 is 0 Å². The highest BCUT2D eigenvalue weighted by molar-refractivity contribution is 7.94. The molecule has 0 saturated carbocycles. The summed E-state index contributed by atoms with van der Waals surface area (Å²) < 4.78 is 20.8. The summed E-state index contributed by atoms with van der Waals surface area (Å²) in [6, 6.07) is 0. The molecule has 64 valence electrons. The van der Waals surface area contributed by atoms with E-state index in [1.54, 1.807) is 0 Å². The SMILES string of the molecule is C1COP(OC2COSC2)O1. The summed E-state index contributed by atoms with van der Waals surface area (Å²) in [5.41, 5.74) is 0. The third-order valence-corrected chi connectivity index (χ3v) is 3.37. The van der Waals surface area contributed by atoms with Crippen LogP contribution < -0.4 is 0 Å². The Kier molecular flexibility index (Phi) is 3.01. The van der Waals surface area contributed by atoms with Crippen LogP contribution in [0.15, 0.2) is 0 Å². The van der Waals surface area contributed by atoms with Gasteiger partial charge in [-0.15, -0.1) is 0 Å². The Morgan fingerprint density at radius 3 is 2.82 bits per heavy atom. The molecule has 4 nitrogen and oxygen atoms in total. The first-order valence-electron chi connectivity index (χ1n) is 3.42. The van der Waals surface area contributed by atoms with Crippen LogP contribution in [0.1, 0.15) is 0 Å². The lowest BCUT2D eigenvalue weighted by Gasteiger charge is -2.11. The standard InChI is InChI=1S/C5H9O4PS/c1-2-7-10(6-1)9-5-3-8-11-4-5/h5H,1-4H2. The molecule has 0 spiro atoms. The maximum atomic E-state index is 5.45. The molecule has 2 aliphatic rings. The lowest BCUT2D eigenvalue weighted by molar-refractivity contribution is 0.156. The molecule has 2 heterocycles. The van der Waals surface area contributed by atoms with Gasteiger partial charge in [-0.25, -0.2) is 0 Å². The van der Waals surface area contributed by atoms with Crippen LogP contribution in [-0.4, -0.2) is 31.7 Å². The summed E-state index contributed by atoms with van der Waals surface area (Å²) in [7, 11) is -1.05. The molecule has 0 bridgehead atoms. The van der Waals surface area contributed by atoms with Crippen molar-refractivity contribution in [2.45, 2.75) is 6.10 Å². The van der Waals surface area contributed by atoms with Gasteiger partial charge in [0, 0.05) is 5.75 Å². The Morgan fingerprint density at radius 2 is 2.18 bits per heavy atom. The van der Waals surface area contributed by atoms with E-state index < -0.39 is 8.60 Å². The van der Waals surface area contributed by atoms with Crippen LogP contribution in [0.4, 0.5) is 0 Å². The van der Waals surface area contributed by atoms with Gasteiger partial charge in [-0.1, -0.05) is 0 Å². The minimum absolute atomic E-state index is 0.157. The van der Waals surface area contributed by atoms with Gasteiger partial charge in [-0.2, -0.15) is 0 Å². The predicted octanol–water partition coefficient (Wildman–Crippen LogP) is 1.32. The zero-order valence-corrected chi connectivity index (χ0v) is 7.61. The third-order valence-electron chi connectivity index (χ3n) is 1.30. The van der Waals surface area contributed by atoms with Crippen molar-refractivity contribution >= 4 is 20.6 Å². The first-order valence-corrected chi connectivity index (χ1v) is 5.43. The topological polar surface area (TPSA) is 36.9 Å². The fourth-order valence-electron chi connectivity index (χ4n) is 0.800. The highest BCUT2D eigenvalue weighted by Gasteiger charge is 2.26. The van der Waals surface area contributed by atoms with E-state index in [0.29, 0.717) is 19.8 Å². The Bertz CT molecular complexity index is 110. The van der Waals surface area contributed by atoms with Crippen molar-refractivity contribution in [3.8, 4) is 0 Å². The van der Waals surface area contributed by atoms with E-state index in [-0.39, 0.29) is 6.10 Å². The molecular formula is C5H9O4PS. The molecule has 2 aliphatic heterocycles. The second-order valence-corrected chi connectivity index (χ2v) is 4.17. The number of hydrogen-bond donors (Lipinski definition) is 0. The van der Waals surface area contributed by atoms with E-state index in [4.69, 9.17) is 17.8 Å². The minimum Gasteiger partial charge on any atom is -0.312 e. The fourth-order valence-corrected chi connectivity index (χ4v) is 2.58. The summed E-state index contributed by atoms with van der Waals surface area (Å²) in [4.78, 5) is 0. The minimum atomic E-state index is -1.05. The number of rotatable bonds is 2. The molecule has 0 N–H and O–H groups in total. The van der Waals surface area contributed by atoms with Crippen molar-refractivity contribution in [1.29, 1.82) is 0 Å². The van der Waals surface area contributed by atoms with Crippen molar-refractivity contribution in [3.63, 3.8) is 0 Å². The normalized spacial score (nSPS) is 33.3. The smallest absolute Gasteiger partial charge is 0.312 e. The highest BCUT2D eigenvalue weighted by atomic mass is 32.2. The second-order valence-electron chi connectivity index (χ2n) is 2.19. The quantitative estimate of drug-likeness (QED) is 0.492. The van der Waals surface area contributed by atoms with Crippen molar-refractivity contribution in [3.05, 3.63) is 0 Å². The van der Waals surface area contributed by atoms with E-state index in [1.165, 1.54) is 12.0 Å². The van der Waals surface area contributed by atoms with Gasteiger partial charge in [-0.05, 0) is 12.0 Å². The number of hydrogen-bond acceptors (Lipinski definition) is 5. The second kappa shape index (κ2) is 4.03. The van der Waals surface area contributed by atoms with E-state index in [2.05, 4.69) is 0 Å². The van der Waals surface area contributed by atoms with E-state index in [0.717, 1.165) is 5.75 Å². The maximum Gasteiger partial charge on any atom is 0.333 e. The zero-order chi connectivity index (χ0) is 7.52. The lowest BCUT2D eigenvalue weighted by atomic mass is 10.5. The van der Waals surface area contributed by atoms with Crippen molar-refractivity contribution in [1.82, 2.24) is 0 Å². The van der Waals surface area contributed by atoms with Gasteiger partial charge in [0.1, 0.15) is 6.10 Å². The first-order chi connectivity index (χ1) is 5.45. The zero-order valence-electron chi connectivity index (χ0n) is 5.89. The van der Waals surface area contributed by atoms with Crippen LogP contribution >= 0.6 is 20.6 Å². The Balaban J connectivity index is 1.71. The summed E-state index contributed by atoms with van der Waals surface area (Å²) in [6.45, 7) is 1.97. The van der Waals surface area contributed by atoms with E-state index in [9.17, 15) is 0 Å². The van der Waals surface area contributed by atoms with Gasteiger partial charge in [0.05, 0.1) is 19.8 Å². The molecule has 0 aromatic carbocycles. The molecule has 11 heavy (non-hydrogen) atoms. The van der Waals surface area contributed by atoms with Crippen LogP contribution in [0.25, 0.3) is 0 Å². The van der Waals surface area contributed by atoms with Crippen LogP contribution in [0.2, 0.25) is 0 Å². The Labute approximate surface area is 70.7 Å². The molecule has 1 atom stereocenters. The summed E-state index contributed by atoms with van der Waals surface area (Å²) in [6.07, 6.45) is 0.157. The average molecular weight is 196 g/mol. The predicted molar refractivity (Wildman–Crippen MR) is 42.1 cm³/mol. The highest BCUT2D eigenvalue weighted by Crippen LogP contribution is 2.45. The molecule has 6 heteroatoms. The molecule has 2 rings (SSSR count). The van der Waals surface area contributed by atoms with Gasteiger partial charge >= 0.3 is 8.60 Å². The molecular weight excluding hydrogens is 187 g/mol. The molecule has 0 aromatic rings. The molecule has 0 radical (unpaired) electrons. The summed E-state index contributed by atoms with van der Waals surface area (Å²) >= 11 is 1.44. The van der Waals surface area contributed by atoms with Gasteiger partial charge in [0.25, 0.3) is 0 Å². The average Bonchev–Trinajstić information content (AvgIpc) is 2.60. The lowest BCUT2D eigenvalue weighted by Crippen LogP contribution is -2.12. The summed E-state index contributed by atoms with van der Waals surface area (Å²) in [5.74, 6) is 0.881. The van der Waals surface area contributed by atoms with Gasteiger partial charge < -0.3 is 17.8 Å². The van der Waals surface area contributed by atoms with Crippen molar-refractivity contribution in [2.75, 3.05) is 25.6 Å². The van der Waals surface area contributed by atoms with Crippen LogP contribution in [0, 0.1) is 0 Å². The van der Waals surface area contributed by atoms with Crippen LogP contribution in [-0.2, 0) is 17.8 Å². The van der Waals surface area contributed by atoms with Gasteiger partial charge in [0.15, 0.2) is 0 Å². The van der Waals surface area contributed by atoms with Crippen molar-refractivity contribution in [2.24, 2.45) is 0 Å². The van der Waals surface area contributed by atoms with Crippen LogP contribution in [0.3, 0.4) is 0 Å². The summed E-state index contributed by atoms with van der Waals surface area (Å²) in [5, 5.41) is 0. The Hall–Kier alpha value is 0.620. The third kappa shape index (κ3) is 2.28. The monoisotopic (exact) mass is 196 g/mol. The molecule has 1 unspecified atom stereocenters. The Morgan fingerprint density at radius 1 is 1.36 bits per heavy atom. The molecule has 0 amide bonds. The fraction of sp³-hybridized carbons (Fsp3) is 1.00. The largest absolute Gasteiger partial charge is 0.333 e. The molecule has 0 aliphatic carbocycles. The van der Waals surface area contributed by atoms with Crippen LogP contribution in [0.5, 0.6) is 0 Å². The molecule has 2 fully saturated rings. The molecule has 2 saturated heterocycles.